The molecule has 4 heteroatoms. The number of nitrogen functional groups attached to an aromatic ring is 1. The predicted molar refractivity (Wildman–Crippen MR) is 41.7 cm³/mol. The van der Waals surface area contributed by atoms with Crippen molar-refractivity contribution in [2.75, 3.05) is 5.73 Å². The summed E-state index contributed by atoms with van der Waals surface area (Å²) in [5.74, 6) is 0.463. The summed E-state index contributed by atoms with van der Waals surface area (Å²) in [6, 6.07) is 3.58. The lowest BCUT2D eigenvalue weighted by Gasteiger charge is -2.03. The van der Waals surface area contributed by atoms with Crippen molar-refractivity contribution in [2.24, 2.45) is 0 Å². The third-order valence-corrected chi connectivity index (χ3v) is 1.50. The van der Waals surface area contributed by atoms with Crippen LogP contribution in [-0.4, -0.2) is 9.78 Å². The molecule has 0 amide bonds. The monoisotopic (exact) mass is 150 g/mol. The van der Waals surface area contributed by atoms with Crippen LogP contribution in [0.5, 0.6) is 0 Å². The molecule has 0 saturated carbocycles. The van der Waals surface area contributed by atoms with E-state index in [9.17, 15) is 0 Å². The summed E-state index contributed by atoms with van der Waals surface area (Å²) in [6.45, 7) is 3.65. The quantitative estimate of drug-likeness (QED) is 0.645. The second-order valence-electron chi connectivity index (χ2n) is 2.46. The van der Waals surface area contributed by atoms with Crippen molar-refractivity contribution in [3.63, 3.8) is 0 Å². The van der Waals surface area contributed by atoms with Gasteiger partial charge >= 0.3 is 0 Å². The summed E-state index contributed by atoms with van der Waals surface area (Å²) < 4.78 is 1.61. The second-order valence-corrected chi connectivity index (χ2v) is 2.46. The maximum atomic E-state index is 8.57. The van der Waals surface area contributed by atoms with E-state index < -0.39 is 0 Å². The van der Waals surface area contributed by atoms with E-state index in [2.05, 4.69) is 11.2 Å². The minimum absolute atomic E-state index is 0.243. The molecule has 0 unspecified atom stereocenters. The van der Waals surface area contributed by atoms with Crippen molar-refractivity contribution >= 4 is 5.82 Å². The van der Waals surface area contributed by atoms with Gasteiger partial charge in [-0.1, -0.05) is 0 Å². The highest BCUT2D eigenvalue weighted by Gasteiger charge is 2.06. The van der Waals surface area contributed by atoms with Crippen molar-refractivity contribution in [1.29, 1.82) is 5.26 Å². The number of anilines is 1. The standard InChI is InChI=1S/C7H10N4/c1-5-3-7(9)10-11(5)6(2)4-8/h3,6H,1-2H3,(H2,9,10)/t6-/m1/s1. The first-order valence-electron chi connectivity index (χ1n) is 3.36. The fraction of sp³-hybridized carbons (Fsp3) is 0.429. The Morgan fingerprint density at radius 2 is 2.45 bits per heavy atom. The third kappa shape index (κ3) is 1.32. The van der Waals surface area contributed by atoms with Gasteiger partial charge in [0.1, 0.15) is 11.9 Å². The highest BCUT2D eigenvalue weighted by atomic mass is 15.3. The first-order chi connectivity index (χ1) is 5.15. The van der Waals surface area contributed by atoms with Gasteiger partial charge in [0.05, 0.1) is 6.07 Å². The molecular weight excluding hydrogens is 140 g/mol. The number of nitriles is 1. The van der Waals surface area contributed by atoms with Gasteiger partial charge in [-0.3, -0.25) is 4.68 Å². The number of hydrogen-bond donors (Lipinski definition) is 1. The fourth-order valence-corrected chi connectivity index (χ4v) is 0.959. The van der Waals surface area contributed by atoms with Gasteiger partial charge in [0.2, 0.25) is 0 Å². The van der Waals surface area contributed by atoms with Crippen LogP contribution in [0.3, 0.4) is 0 Å². The summed E-state index contributed by atoms with van der Waals surface area (Å²) in [5.41, 5.74) is 6.34. The van der Waals surface area contributed by atoms with Crippen molar-refractivity contribution in [3.8, 4) is 6.07 Å². The van der Waals surface area contributed by atoms with Crippen molar-refractivity contribution in [1.82, 2.24) is 9.78 Å². The van der Waals surface area contributed by atoms with Crippen LogP contribution in [0.1, 0.15) is 18.7 Å². The Hall–Kier alpha value is -1.50. The maximum absolute atomic E-state index is 8.57. The Bertz CT molecular complexity index is 294. The minimum atomic E-state index is -0.243. The van der Waals surface area contributed by atoms with E-state index in [4.69, 9.17) is 11.0 Å². The number of aromatic nitrogens is 2. The molecule has 2 N–H and O–H groups in total. The lowest BCUT2D eigenvalue weighted by atomic mass is 10.3. The highest BCUT2D eigenvalue weighted by Crippen LogP contribution is 2.10. The third-order valence-electron chi connectivity index (χ3n) is 1.50. The molecule has 0 aromatic carbocycles. The Kier molecular flexibility index (Phi) is 1.81. The summed E-state index contributed by atoms with van der Waals surface area (Å²) in [4.78, 5) is 0. The Labute approximate surface area is 65.2 Å². The van der Waals surface area contributed by atoms with Gasteiger partial charge in [0.15, 0.2) is 0 Å². The van der Waals surface area contributed by atoms with Crippen LogP contribution >= 0.6 is 0 Å². The fourth-order valence-electron chi connectivity index (χ4n) is 0.959. The van der Waals surface area contributed by atoms with Gasteiger partial charge in [-0.25, -0.2) is 0 Å². The normalized spacial score (nSPS) is 12.5. The molecule has 4 nitrogen and oxygen atoms in total. The molecule has 0 bridgehead atoms. The van der Waals surface area contributed by atoms with E-state index in [1.807, 2.05) is 6.92 Å². The molecule has 1 aromatic heterocycles. The SMILES string of the molecule is Cc1cc(N)nn1[C@H](C)C#N. The van der Waals surface area contributed by atoms with Gasteiger partial charge in [-0.15, -0.1) is 0 Å². The van der Waals surface area contributed by atoms with Gasteiger partial charge in [0, 0.05) is 11.8 Å². The molecule has 0 saturated heterocycles. The maximum Gasteiger partial charge on any atom is 0.145 e. The zero-order valence-corrected chi connectivity index (χ0v) is 6.57. The van der Waals surface area contributed by atoms with E-state index in [-0.39, 0.29) is 6.04 Å². The molecule has 0 aliphatic rings. The predicted octanol–water partition coefficient (Wildman–Crippen LogP) is 0.858. The second kappa shape index (κ2) is 2.62. The molecule has 0 spiro atoms. The minimum Gasteiger partial charge on any atom is -0.382 e. The van der Waals surface area contributed by atoms with Crippen LogP contribution in [0.15, 0.2) is 6.07 Å². The summed E-state index contributed by atoms with van der Waals surface area (Å²) in [7, 11) is 0. The molecule has 1 heterocycles. The van der Waals surface area contributed by atoms with Crippen molar-refractivity contribution in [3.05, 3.63) is 11.8 Å². The van der Waals surface area contributed by atoms with Crippen LogP contribution in [0.2, 0.25) is 0 Å². The van der Waals surface area contributed by atoms with E-state index in [0.29, 0.717) is 5.82 Å². The lowest BCUT2D eigenvalue weighted by Crippen LogP contribution is -2.06. The Balaban J connectivity index is 3.05. The van der Waals surface area contributed by atoms with Crippen LogP contribution < -0.4 is 5.73 Å². The molecule has 58 valence electrons. The molecule has 0 aliphatic heterocycles. The number of aryl methyl sites for hydroxylation is 1. The molecule has 0 fully saturated rings. The largest absolute Gasteiger partial charge is 0.382 e. The molecule has 0 aliphatic carbocycles. The van der Waals surface area contributed by atoms with Crippen LogP contribution in [-0.2, 0) is 0 Å². The van der Waals surface area contributed by atoms with Gasteiger partial charge in [0.25, 0.3) is 0 Å². The number of nitrogens with zero attached hydrogens (tertiary/aromatic N) is 3. The van der Waals surface area contributed by atoms with E-state index in [0.717, 1.165) is 5.69 Å². The van der Waals surface area contributed by atoms with Crippen LogP contribution in [0.4, 0.5) is 5.82 Å². The molecule has 0 radical (unpaired) electrons. The average molecular weight is 150 g/mol. The van der Waals surface area contributed by atoms with Crippen LogP contribution in [0.25, 0.3) is 0 Å². The summed E-state index contributed by atoms with van der Waals surface area (Å²) in [5, 5.41) is 12.5. The average Bonchev–Trinajstić information content (AvgIpc) is 2.28. The molecule has 11 heavy (non-hydrogen) atoms. The van der Waals surface area contributed by atoms with Gasteiger partial charge in [-0.2, -0.15) is 10.4 Å². The lowest BCUT2D eigenvalue weighted by molar-refractivity contribution is 0.577. The first kappa shape index (κ1) is 7.61. The number of nitrogens with two attached hydrogens (primary N) is 1. The van der Waals surface area contributed by atoms with Crippen molar-refractivity contribution < 1.29 is 0 Å². The van der Waals surface area contributed by atoms with Gasteiger partial charge < -0.3 is 5.73 Å². The molecular formula is C7H10N4. The van der Waals surface area contributed by atoms with E-state index in [1.165, 1.54) is 0 Å². The zero-order chi connectivity index (χ0) is 8.43. The van der Waals surface area contributed by atoms with E-state index in [1.54, 1.807) is 17.7 Å². The van der Waals surface area contributed by atoms with E-state index >= 15 is 0 Å². The summed E-state index contributed by atoms with van der Waals surface area (Å²) in [6.07, 6.45) is 0. The molecule has 1 aromatic rings. The van der Waals surface area contributed by atoms with Crippen LogP contribution in [0, 0.1) is 18.3 Å². The summed E-state index contributed by atoms with van der Waals surface area (Å²) >= 11 is 0. The highest BCUT2D eigenvalue weighted by molar-refractivity contribution is 5.29. The van der Waals surface area contributed by atoms with Crippen molar-refractivity contribution in [2.45, 2.75) is 19.9 Å². The topological polar surface area (TPSA) is 67.6 Å². The zero-order valence-electron chi connectivity index (χ0n) is 6.57. The first-order valence-corrected chi connectivity index (χ1v) is 3.36. The number of rotatable bonds is 1. The Morgan fingerprint density at radius 1 is 1.82 bits per heavy atom. The number of hydrogen-bond acceptors (Lipinski definition) is 3. The molecule has 1 atom stereocenters. The molecule has 1 rings (SSSR count). The smallest absolute Gasteiger partial charge is 0.145 e. The van der Waals surface area contributed by atoms with Gasteiger partial charge in [-0.05, 0) is 13.8 Å². The Morgan fingerprint density at radius 3 is 2.82 bits per heavy atom.